The molecule has 0 spiro atoms. The van der Waals surface area contributed by atoms with Gasteiger partial charge in [0, 0.05) is 0 Å². The van der Waals surface area contributed by atoms with E-state index in [2.05, 4.69) is 6.58 Å². The number of benzene rings is 1. The molecule has 1 aromatic carbocycles. The molecule has 0 aromatic heterocycles. The summed E-state index contributed by atoms with van der Waals surface area (Å²) in [6, 6.07) is 7.31. The molecule has 0 radical (unpaired) electrons. The fourth-order valence-corrected chi connectivity index (χ4v) is 3.51. The second-order valence-electron chi connectivity index (χ2n) is 5.96. The molecular formula is C21H21FO3S. The second-order valence-corrected chi connectivity index (χ2v) is 7.34. The molecule has 0 fully saturated rings. The summed E-state index contributed by atoms with van der Waals surface area (Å²) in [5.41, 5.74) is 4.46. The number of carbonyl (C=O) groups is 1. The van der Waals surface area contributed by atoms with E-state index in [1.807, 2.05) is 38.1 Å². The normalized spacial score (nSPS) is 20.3. The molecule has 1 N–H and O–H groups in total. The van der Waals surface area contributed by atoms with Crippen molar-refractivity contribution in [1.82, 2.24) is 0 Å². The first-order chi connectivity index (χ1) is 12.2. The van der Waals surface area contributed by atoms with Crippen LogP contribution in [0.15, 0.2) is 81.6 Å². The minimum Gasteiger partial charge on any atom is -0.612 e. The molecule has 0 bridgehead atoms. The van der Waals surface area contributed by atoms with Crippen molar-refractivity contribution >= 4 is 23.2 Å². The van der Waals surface area contributed by atoms with Gasteiger partial charge < -0.3 is 9.66 Å². The fourth-order valence-electron chi connectivity index (χ4n) is 2.99. The van der Waals surface area contributed by atoms with E-state index in [1.165, 1.54) is 6.08 Å². The number of hydrogen-bond donors (Lipinski definition) is 1. The molecule has 0 amide bonds. The molecule has 136 valence electrons. The van der Waals surface area contributed by atoms with Crippen LogP contribution < -0.4 is 0 Å². The van der Waals surface area contributed by atoms with Crippen molar-refractivity contribution in [3.63, 3.8) is 0 Å². The lowest BCUT2D eigenvalue weighted by Crippen LogP contribution is -1.99. The largest absolute Gasteiger partial charge is 0.612 e. The number of carboxylic acid groups (broad SMARTS) is 1. The molecule has 1 atom stereocenters. The van der Waals surface area contributed by atoms with Gasteiger partial charge in [0.1, 0.15) is 12.1 Å². The lowest BCUT2D eigenvalue weighted by atomic mass is 9.98. The van der Waals surface area contributed by atoms with Gasteiger partial charge in [0.05, 0.1) is 6.42 Å². The van der Waals surface area contributed by atoms with E-state index in [0.717, 1.165) is 27.2 Å². The highest BCUT2D eigenvalue weighted by Crippen LogP contribution is 2.43. The van der Waals surface area contributed by atoms with Gasteiger partial charge in [-0.3, -0.25) is 4.79 Å². The Bertz CT molecular complexity index is 856. The zero-order valence-corrected chi connectivity index (χ0v) is 15.8. The molecule has 1 aliphatic rings. The smallest absolute Gasteiger partial charge is 0.307 e. The maximum absolute atomic E-state index is 13.5. The highest BCUT2D eigenvalue weighted by molar-refractivity contribution is 7.90. The van der Waals surface area contributed by atoms with Crippen LogP contribution >= 0.6 is 0 Å². The van der Waals surface area contributed by atoms with Gasteiger partial charge in [-0.1, -0.05) is 12.7 Å². The van der Waals surface area contributed by atoms with E-state index in [0.29, 0.717) is 11.1 Å². The topological polar surface area (TPSA) is 60.4 Å². The zero-order valence-electron chi connectivity index (χ0n) is 15.0. The van der Waals surface area contributed by atoms with E-state index >= 15 is 0 Å². The third-order valence-electron chi connectivity index (χ3n) is 4.20. The third kappa shape index (κ3) is 4.42. The van der Waals surface area contributed by atoms with Gasteiger partial charge >= 0.3 is 5.97 Å². The van der Waals surface area contributed by atoms with Crippen molar-refractivity contribution in [2.75, 3.05) is 6.26 Å². The molecule has 0 saturated heterocycles. The van der Waals surface area contributed by atoms with Crippen LogP contribution in [0.25, 0.3) is 6.08 Å². The van der Waals surface area contributed by atoms with Gasteiger partial charge in [0.15, 0.2) is 4.90 Å². The van der Waals surface area contributed by atoms with E-state index in [-0.39, 0.29) is 6.42 Å². The number of aliphatic carboxylic acids is 1. The minimum atomic E-state index is -1.05. The average Bonchev–Trinajstić information content (AvgIpc) is 2.79. The van der Waals surface area contributed by atoms with Gasteiger partial charge in [-0.05, 0) is 94.9 Å². The number of halogens is 1. The Morgan fingerprint density at radius 1 is 1.27 bits per heavy atom. The van der Waals surface area contributed by atoms with Crippen LogP contribution in [0.2, 0.25) is 0 Å². The SMILES string of the molecule is C=C(F)/C=C1C(CC(=O)O)=C(C)C(=C/c2ccc([S+](C)[O-])cc2)/C/1=C/C. The maximum Gasteiger partial charge on any atom is 0.307 e. The summed E-state index contributed by atoms with van der Waals surface area (Å²) in [5.74, 6) is -1.59. The molecule has 5 heteroatoms. The number of hydrogen-bond acceptors (Lipinski definition) is 2. The summed E-state index contributed by atoms with van der Waals surface area (Å²) in [5, 5.41) is 9.22. The predicted octanol–water partition coefficient (Wildman–Crippen LogP) is 4.97. The Kier molecular flexibility index (Phi) is 6.40. The van der Waals surface area contributed by atoms with Gasteiger partial charge in [0.25, 0.3) is 0 Å². The highest BCUT2D eigenvalue weighted by Gasteiger charge is 2.27. The molecule has 0 aliphatic heterocycles. The first-order valence-corrected chi connectivity index (χ1v) is 9.61. The van der Waals surface area contributed by atoms with Crippen LogP contribution in [-0.4, -0.2) is 21.9 Å². The first-order valence-electron chi connectivity index (χ1n) is 8.05. The minimum absolute atomic E-state index is 0.187. The van der Waals surface area contributed by atoms with Crippen molar-refractivity contribution in [2.24, 2.45) is 0 Å². The van der Waals surface area contributed by atoms with Crippen LogP contribution in [0.1, 0.15) is 25.8 Å². The van der Waals surface area contributed by atoms with E-state index < -0.39 is 23.0 Å². The second kappa shape index (κ2) is 8.34. The van der Waals surface area contributed by atoms with Crippen molar-refractivity contribution in [3.8, 4) is 0 Å². The van der Waals surface area contributed by atoms with Crippen LogP contribution in [0.4, 0.5) is 4.39 Å². The number of rotatable bonds is 5. The fraction of sp³-hybridized carbons (Fsp3) is 0.190. The quantitative estimate of drug-likeness (QED) is 0.743. The van der Waals surface area contributed by atoms with Gasteiger partial charge in [-0.25, -0.2) is 4.39 Å². The molecule has 0 saturated carbocycles. The lowest BCUT2D eigenvalue weighted by Gasteiger charge is -2.07. The Balaban J connectivity index is 2.57. The standard InChI is InChI=1S/C21H21FO3S/c1-5-17-18(11-15-6-8-16(9-7-15)26(4)25)14(3)19(12-21(23)24)20(17)10-13(2)22/h5-11H,2,12H2,1,3-4H3,(H,23,24)/b17-5-,18-11-,20-10+. The van der Waals surface area contributed by atoms with E-state index in [9.17, 15) is 18.8 Å². The Labute approximate surface area is 156 Å². The third-order valence-corrected chi connectivity index (χ3v) is 5.14. The average molecular weight is 372 g/mol. The van der Waals surface area contributed by atoms with Crippen LogP contribution in [0, 0.1) is 0 Å². The van der Waals surface area contributed by atoms with Crippen LogP contribution in [0.5, 0.6) is 0 Å². The molecule has 1 aliphatic carbocycles. The summed E-state index contributed by atoms with van der Waals surface area (Å²) in [4.78, 5) is 12.0. The Morgan fingerprint density at radius 2 is 1.88 bits per heavy atom. The summed E-state index contributed by atoms with van der Waals surface area (Å²) in [6.07, 6.45) is 6.48. The summed E-state index contributed by atoms with van der Waals surface area (Å²) < 4.78 is 25.0. The monoisotopic (exact) mass is 372 g/mol. The number of allylic oxidation sites excluding steroid dienone is 7. The predicted molar refractivity (Wildman–Crippen MR) is 104 cm³/mol. The van der Waals surface area contributed by atoms with Crippen LogP contribution in [-0.2, 0) is 16.0 Å². The lowest BCUT2D eigenvalue weighted by molar-refractivity contribution is -0.136. The number of carboxylic acids is 1. The molecule has 0 heterocycles. The molecule has 26 heavy (non-hydrogen) atoms. The van der Waals surface area contributed by atoms with Gasteiger partial charge in [-0.2, -0.15) is 0 Å². The van der Waals surface area contributed by atoms with Crippen molar-refractivity contribution in [1.29, 1.82) is 0 Å². The molecule has 1 unspecified atom stereocenters. The van der Waals surface area contributed by atoms with Gasteiger partial charge in [0.2, 0.25) is 0 Å². The van der Waals surface area contributed by atoms with Crippen molar-refractivity contribution in [3.05, 3.63) is 82.3 Å². The summed E-state index contributed by atoms with van der Waals surface area (Å²) in [6.45, 7) is 6.94. The van der Waals surface area contributed by atoms with E-state index in [4.69, 9.17) is 0 Å². The highest BCUT2D eigenvalue weighted by atomic mass is 32.2. The molecule has 2 rings (SSSR count). The molecular weight excluding hydrogens is 351 g/mol. The Morgan fingerprint density at radius 3 is 2.35 bits per heavy atom. The molecule has 1 aromatic rings. The first kappa shape index (κ1) is 19.9. The van der Waals surface area contributed by atoms with E-state index in [1.54, 1.807) is 18.4 Å². The van der Waals surface area contributed by atoms with Crippen molar-refractivity contribution in [2.45, 2.75) is 25.2 Å². The summed E-state index contributed by atoms with van der Waals surface area (Å²) in [7, 11) is 0. The zero-order chi connectivity index (χ0) is 19.4. The van der Waals surface area contributed by atoms with Gasteiger partial charge in [-0.15, -0.1) is 0 Å². The maximum atomic E-state index is 13.5. The summed E-state index contributed by atoms with van der Waals surface area (Å²) >= 11 is -1.05. The Hall–Kier alpha value is -2.37. The molecule has 3 nitrogen and oxygen atoms in total. The van der Waals surface area contributed by atoms with Crippen LogP contribution in [0.3, 0.4) is 0 Å². The van der Waals surface area contributed by atoms with Crippen molar-refractivity contribution < 1.29 is 18.8 Å².